The minimum Gasteiger partial charge on any atom is -0.273 e. The third-order valence-corrected chi connectivity index (χ3v) is 4.79. The number of hydrogen-bond donors (Lipinski definition) is 2. The Morgan fingerprint density at radius 2 is 1.93 bits per heavy atom. The van der Waals surface area contributed by atoms with Crippen molar-refractivity contribution in [2.24, 2.45) is 0 Å². The minimum atomic E-state index is -0.556. The molecule has 0 bridgehead atoms. The normalized spacial score (nSPS) is 10.7. The van der Waals surface area contributed by atoms with Crippen molar-refractivity contribution in [3.63, 3.8) is 0 Å². The van der Waals surface area contributed by atoms with Gasteiger partial charge in [-0.2, -0.15) is 16.4 Å². The number of hydrazine groups is 1. The Hall–Kier alpha value is -3.00. The molecule has 2 heterocycles. The highest BCUT2D eigenvalue weighted by Crippen LogP contribution is 2.13. The van der Waals surface area contributed by atoms with Crippen molar-refractivity contribution < 1.29 is 9.59 Å². The number of fused-ring (bicyclic) bond motifs is 1. The van der Waals surface area contributed by atoms with Crippen molar-refractivity contribution in [3.8, 4) is 0 Å². The van der Waals surface area contributed by atoms with Crippen LogP contribution < -0.4 is 16.4 Å². The Bertz CT molecular complexity index is 1010. The molecule has 3 rings (SSSR count). The van der Waals surface area contributed by atoms with E-state index >= 15 is 0 Å². The van der Waals surface area contributed by atoms with Gasteiger partial charge in [0.1, 0.15) is 0 Å². The fraction of sp³-hybridized carbons (Fsp3) is 0.263. The number of carbonyl (C=O) groups is 2. The Labute approximate surface area is 160 Å². The van der Waals surface area contributed by atoms with Crippen molar-refractivity contribution in [1.29, 1.82) is 0 Å². The molecule has 0 saturated heterocycles. The molecule has 2 aromatic heterocycles. The first kappa shape index (κ1) is 18.8. The second kappa shape index (κ2) is 8.59. The van der Waals surface area contributed by atoms with Crippen LogP contribution in [0.15, 0.2) is 45.9 Å². The number of benzene rings is 1. The first-order valence-corrected chi connectivity index (χ1v) is 9.64. The third-order valence-electron chi connectivity index (χ3n) is 4.05. The summed E-state index contributed by atoms with van der Waals surface area (Å²) in [7, 11) is 0. The van der Waals surface area contributed by atoms with E-state index in [0.29, 0.717) is 30.2 Å². The van der Waals surface area contributed by atoms with Crippen molar-refractivity contribution >= 4 is 33.9 Å². The number of aryl methyl sites for hydroxylation is 2. The van der Waals surface area contributed by atoms with Crippen LogP contribution in [-0.4, -0.2) is 21.6 Å². The lowest BCUT2D eigenvalue weighted by Crippen LogP contribution is -2.42. The fourth-order valence-corrected chi connectivity index (χ4v) is 3.41. The van der Waals surface area contributed by atoms with Crippen LogP contribution in [-0.2, 0) is 17.8 Å². The SMILES string of the molecule is CCCn1nc(C(=O)NNC(=O)CCc2ccsc2)c2ccccc2c1=O. The third kappa shape index (κ3) is 4.40. The summed E-state index contributed by atoms with van der Waals surface area (Å²) in [4.78, 5) is 37.0. The predicted octanol–water partition coefficient (Wildman–Crippen LogP) is 2.26. The number of aromatic nitrogens is 2. The van der Waals surface area contributed by atoms with Gasteiger partial charge in [0.25, 0.3) is 11.5 Å². The van der Waals surface area contributed by atoms with E-state index in [1.807, 2.05) is 23.8 Å². The number of hydrogen-bond acceptors (Lipinski definition) is 5. The summed E-state index contributed by atoms with van der Waals surface area (Å²) in [5, 5.41) is 9.02. The summed E-state index contributed by atoms with van der Waals surface area (Å²) in [6, 6.07) is 8.79. The number of thiophene rings is 1. The van der Waals surface area contributed by atoms with Crippen molar-refractivity contribution in [1.82, 2.24) is 20.6 Å². The molecule has 2 N–H and O–H groups in total. The Kier molecular flexibility index (Phi) is 5.97. The maximum absolute atomic E-state index is 12.6. The lowest BCUT2D eigenvalue weighted by Gasteiger charge is -2.11. The summed E-state index contributed by atoms with van der Waals surface area (Å²) in [6.07, 6.45) is 1.58. The zero-order valence-electron chi connectivity index (χ0n) is 14.9. The summed E-state index contributed by atoms with van der Waals surface area (Å²) in [6.45, 7) is 2.34. The van der Waals surface area contributed by atoms with E-state index in [9.17, 15) is 14.4 Å². The lowest BCUT2D eigenvalue weighted by molar-refractivity contribution is -0.121. The van der Waals surface area contributed by atoms with Crippen LogP contribution in [0, 0.1) is 0 Å². The van der Waals surface area contributed by atoms with Crippen LogP contribution in [0.3, 0.4) is 0 Å². The highest BCUT2D eigenvalue weighted by molar-refractivity contribution is 7.07. The van der Waals surface area contributed by atoms with Gasteiger partial charge < -0.3 is 0 Å². The van der Waals surface area contributed by atoms with Crippen LogP contribution in [0.5, 0.6) is 0 Å². The van der Waals surface area contributed by atoms with Crippen LogP contribution in [0.2, 0.25) is 0 Å². The molecular formula is C19H20N4O3S. The second-order valence-corrected chi connectivity index (χ2v) is 6.84. The molecule has 0 aliphatic rings. The summed E-state index contributed by atoms with van der Waals surface area (Å²) >= 11 is 1.58. The molecule has 0 atom stereocenters. The van der Waals surface area contributed by atoms with E-state index in [1.165, 1.54) is 4.68 Å². The number of rotatable bonds is 6. The van der Waals surface area contributed by atoms with E-state index in [2.05, 4.69) is 16.0 Å². The fourth-order valence-electron chi connectivity index (χ4n) is 2.71. The maximum Gasteiger partial charge on any atom is 0.290 e. The van der Waals surface area contributed by atoms with Crippen LogP contribution in [0.1, 0.15) is 35.8 Å². The standard InChI is InChI=1S/C19H20N4O3S/c1-2-10-23-19(26)15-6-4-3-5-14(15)17(22-23)18(25)21-20-16(24)8-7-13-9-11-27-12-13/h3-6,9,11-12H,2,7-8,10H2,1H3,(H,20,24)(H,21,25). The Morgan fingerprint density at radius 1 is 1.15 bits per heavy atom. The van der Waals surface area contributed by atoms with E-state index in [0.717, 1.165) is 5.56 Å². The number of nitrogens with one attached hydrogen (secondary N) is 2. The zero-order valence-corrected chi connectivity index (χ0v) is 15.7. The molecule has 0 aliphatic carbocycles. The quantitative estimate of drug-likeness (QED) is 0.638. The smallest absolute Gasteiger partial charge is 0.273 e. The molecule has 27 heavy (non-hydrogen) atoms. The van der Waals surface area contributed by atoms with Crippen molar-refractivity contribution in [3.05, 3.63) is 62.7 Å². The predicted molar refractivity (Wildman–Crippen MR) is 105 cm³/mol. The Morgan fingerprint density at radius 3 is 2.63 bits per heavy atom. The maximum atomic E-state index is 12.6. The molecular weight excluding hydrogens is 364 g/mol. The van der Waals surface area contributed by atoms with Crippen molar-refractivity contribution in [2.75, 3.05) is 0 Å². The first-order valence-electron chi connectivity index (χ1n) is 8.70. The zero-order chi connectivity index (χ0) is 19.2. The lowest BCUT2D eigenvalue weighted by atomic mass is 10.1. The molecule has 0 unspecified atom stereocenters. The second-order valence-electron chi connectivity index (χ2n) is 6.06. The monoisotopic (exact) mass is 384 g/mol. The van der Waals surface area contributed by atoms with Gasteiger partial charge in [0, 0.05) is 18.4 Å². The Balaban J connectivity index is 1.74. The highest BCUT2D eigenvalue weighted by atomic mass is 32.1. The molecule has 7 nitrogen and oxygen atoms in total. The summed E-state index contributed by atoms with van der Waals surface area (Å²) < 4.78 is 1.29. The largest absolute Gasteiger partial charge is 0.290 e. The topological polar surface area (TPSA) is 93.1 Å². The number of nitrogens with zero attached hydrogens (tertiary/aromatic N) is 2. The van der Waals surface area contributed by atoms with E-state index < -0.39 is 5.91 Å². The van der Waals surface area contributed by atoms with Gasteiger partial charge in [-0.15, -0.1) is 0 Å². The van der Waals surface area contributed by atoms with Gasteiger partial charge in [-0.25, -0.2) is 4.68 Å². The molecule has 0 saturated carbocycles. The van der Waals surface area contributed by atoms with Crippen LogP contribution >= 0.6 is 11.3 Å². The highest BCUT2D eigenvalue weighted by Gasteiger charge is 2.17. The average molecular weight is 384 g/mol. The molecule has 3 aromatic rings. The molecule has 1 aromatic carbocycles. The first-order chi connectivity index (χ1) is 13.1. The molecule has 2 amide bonds. The number of amides is 2. The molecule has 8 heteroatoms. The molecule has 0 aliphatic heterocycles. The molecule has 0 fully saturated rings. The van der Waals surface area contributed by atoms with Gasteiger partial charge in [0.05, 0.1) is 5.39 Å². The molecule has 0 spiro atoms. The van der Waals surface area contributed by atoms with Crippen molar-refractivity contribution in [2.45, 2.75) is 32.7 Å². The van der Waals surface area contributed by atoms with Gasteiger partial charge in [0.2, 0.25) is 5.91 Å². The molecule has 140 valence electrons. The average Bonchev–Trinajstić information content (AvgIpc) is 3.20. The summed E-state index contributed by atoms with van der Waals surface area (Å²) in [5.74, 6) is -0.847. The van der Waals surface area contributed by atoms with Gasteiger partial charge >= 0.3 is 0 Å². The van der Waals surface area contributed by atoms with Gasteiger partial charge in [-0.3, -0.25) is 25.2 Å². The number of carbonyl (C=O) groups excluding carboxylic acids is 2. The van der Waals surface area contributed by atoms with Gasteiger partial charge in [0.15, 0.2) is 5.69 Å². The van der Waals surface area contributed by atoms with Gasteiger partial charge in [-0.1, -0.05) is 25.1 Å². The van der Waals surface area contributed by atoms with E-state index in [1.54, 1.807) is 35.6 Å². The van der Waals surface area contributed by atoms with E-state index in [-0.39, 0.29) is 23.6 Å². The van der Waals surface area contributed by atoms with Crippen LogP contribution in [0.4, 0.5) is 0 Å². The van der Waals surface area contributed by atoms with Crippen LogP contribution in [0.25, 0.3) is 10.8 Å². The van der Waals surface area contributed by atoms with Gasteiger partial charge in [-0.05, 0) is 41.3 Å². The summed E-state index contributed by atoms with van der Waals surface area (Å²) in [5.41, 5.74) is 5.77. The van der Waals surface area contributed by atoms with E-state index in [4.69, 9.17) is 0 Å². The molecule has 0 radical (unpaired) electrons. The minimum absolute atomic E-state index is 0.108.